The topological polar surface area (TPSA) is 61.9 Å². The molecule has 1 saturated heterocycles. The van der Waals surface area contributed by atoms with E-state index in [9.17, 15) is 9.59 Å². The Balaban J connectivity index is 1.47. The van der Waals surface area contributed by atoms with E-state index in [4.69, 9.17) is 4.74 Å². The fraction of sp³-hybridized carbons (Fsp3) is 0.600. The summed E-state index contributed by atoms with van der Waals surface area (Å²) in [6.45, 7) is 2.55. The van der Waals surface area contributed by atoms with Gasteiger partial charge in [0.15, 0.2) is 0 Å². The van der Waals surface area contributed by atoms with Crippen molar-refractivity contribution in [3.8, 4) is 0 Å². The van der Waals surface area contributed by atoms with Crippen LogP contribution in [0.25, 0.3) is 0 Å². The van der Waals surface area contributed by atoms with Gasteiger partial charge in [-0.25, -0.2) is 10.4 Å². The van der Waals surface area contributed by atoms with Crippen LogP contribution in [0.3, 0.4) is 0 Å². The molecule has 1 saturated carbocycles. The average Bonchev–Trinajstić information content (AvgIpc) is 2.99. The third kappa shape index (κ3) is 3.35. The third-order valence-electron chi connectivity index (χ3n) is 5.87. The third-order valence-corrected chi connectivity index (χ3v) is 5.87. The second-order valence-corrected chi connectivity index (χ2v) is 7.44. The minimum absolute atomic E-state index is 0.0136. The van der Waals surface area contributed by atoms with Crippen LogP contribution >= 0.6 is 0 Å². The Morgan fingerprint density at radius 1 is 1.12 bits per heavy atom. The van der Waals surface area contributed by atoms with Crippen molar-refractivity contribution in [3.63, 3.8) is 0 Å². The van der Waals surface area contributed by atoms with Crippen molar-refractivity contribution in [1.29, 1.82) is 0 Å². The molecule has 26 heavy (non-hydrogen) atoms. The van der Waals surface area contributed by atoms with Gasteiger partial charge in [0.05, 0.1) is 31.4 Å². The Labute approximate surface area is 154 Å². The molecule has 1 aromatic rings. The number of carbonyl (C=O) groups is 2. The van der Waals surface area contributed by atoms with Gasteiger partial charge in [-0.1, -0.05) is 37.5 Å². The van der Waals surface area contributed by atoms with Gasteiger partial charge in [-0.3, -0.25) is 9.59 Å². The molecule has 140 valence electrons. The molecule has 1 N–H and O–H groups in total. The predicted octanol–water partition coefficient (Wildman–Crippen LogP) is 2.06. The van der Waals surface area contributed by atoms with Gasteiger partial charge in [0.25, 0.3) is 0 Å². The zero-order valence-corrected chi connectivity index (χ0v) is 15.2. The first-order valence-corrected chi connectivity index (χ1v) is 9.77. The number of hydrazine groups is 1. The number of fused-ring (bicyclic) bond motifs is 1. The SMILES string of the molecule is O=C(CNN1C(=O)C(C2CCCCC2)c2ccccc21)N1CCOCC1. The zero-order valence-electron chi connectivity index (χ0n) is 15.2. The number of rotatable bonds is 4. The van der Waals surface area contributed by atoms with Crippen molar-refractivity contribution in [2.24, 2.45) is 5.92 Å². The van der Waals surface area contributed by atoms with Gasteiger partial charge in [-0.15, -0.1) is 0 Å². The number of hydrogen-bond donors (Lipinski definition) is 1. The van der Waals surface area contributed by atoms with E-state index < -0.39 is 0 Å². The number of ether oxygens (including phenoxy) is 1. The first-order valence-electron chi connectivity index (χ1n) is 9.77. The summed E-state index contributed by atoms with van der Waals surface area (Å²) >= 11 is 0. The van der Waals surface area contributed by atoms with Crippen LogP contribution in [-0.2, 0) is 14.3 Å². The van der Waals surface area contributed by atoms with E-state index in [0.717, 1.165) is 24.1 Å². The number of morpholine rings is 1. The van der Waals surface area contributed by atoms with Gasteiger partial charge in [0.1, 0.15) is 0 Å². The van der Waals surface area contributed by atoms with E-state index in [0.29, 0.717) is 32.2 Å². The van der Waals surface area contributed by atoms with Crippen molar-refractivity contribution >= 4 is 17.5 Å². The highest BCUT2D eigenvalue weighted by molar-refractivity contribution is 6.04. The minimum atomic E-state index is -0.0718. The smallest absolute Gasteiger partial charge is 0.249 e. The van der Waals surface area contributed by atoms with Crippen LogP contribution in [0.15, 0.2) is 24.3 Å². The van der Waals surface area contributed by atoms with Crippen LogP contribution in [0.5, 0.6) is 0 Å². The van der Waals surface area contributed by atoms with Crippen molar-refractivity contribution < 1.29 is 14.3 Å². The van der Waals surface area contributed by atoms with Crippen molar-refractivity contribution in [3.05, 3.63) is 29.8 Å². The van der Waals surface area contributed by atoms with Crippen LogP contribution in [0, 0.1) is 5.92 Å². The van der Waals surface area contributed by atoms with E-state index in [2.05, 4.69) is 11.5 Å². The van der Waals surface area contributed by atoms with Crippen LogP contribution < -0.4 is 10.4 Å². The first-order chi connectivity index (χ1) is 12.8. The van der Waals surface area contributed by atoms with Gasteiger partial charge in [0, 0.05) is 13.1 Å². The highest BCUT2D eigenvalue weighted by Gasteiger charge is 2.42. The van der Waals surface area contributed by atoms with Gasteiger partial charge in [-0.2, -0.15) is 0 Å². The Morgan fingerprint density at radius 2 is 1.85 bits per heavy atom. The van der Waals surface area contributed by atoms with Gasteiger partial charge >= 0.3 is 0 Å². The molecule has 0 bridgehead atoms. The number of amides is 2. The zero-order chi connectivity index (χ0) is 17.9. The number of para-hydroxylation sites is 1. The van der Waals surface area contributed by atoms with Crippen molar-refractivity contribution in [1.82, 2.24) is 10.3 Å². The number of carbonyl (C=O) groups excluding carboxylic acids is 2. The fourth-order valence-electron chi connectivity index (χ4n) is 4.50. The summed E-state index contributed by atoms with van der Waals surface area (Å²) < 4.78 is 5.29. The van der Waals surface area contributed by atoms with Crippen LogP contribution in [-0.4, -0.2) is 49.6 Å². The molecule has 2 aliphatic heterocycles. The summed E-state index contributed by atoms with van der Waals surface area (Å²) in [7, 11) is 0. The molecule has 1 atom stereocenters. The number of nitrogens with one attached hydrogen (secondary N) is 1. The molecule has 1 aliphatic carbocycles. The summed E-state index contributed by atoms with van der Waals surface area (Å²) in [6, 6.07) is 8.00. The molecule has 1 unspecified atom stereocenters. The Hall–Kier alpha value is -1.92. The maximum atomic E-state index is 13.2. The van der Waals surface area contributed by atoms with Crippen LogP contribution in [0.4, 0.5) is 5.69 Å². The summed E-state index contributed by atoms with van der Waals surface area (Å²) in [6.07, 6.45) is 5.92. The van der Waals surface area contributed by atoms with Gasteiger partial charge < -0.3 is 9.64 Å². The lowest BCUT2D eigenvalue weighted by Crippen LogP contribution is -2.50. The quantitative estimate of drug-likeness (QED) is 0.896. The maximum Gasteiger partial charge on any atom is 0.249 e. The van der Waals surface area contributed by atoms with E-state index >= 15 is 0 Å². The average molecular weight is 357 g/mol. The van der Waals surface area contributed by atoms with Crippen LogP contribution in [0.1, 0.15) is 43.6 Å². The lowest BCUT2D eigenvalue weighted by atomic mass is 9.77. The number of benzene rings is 1. The standard InChI is InChI=1S/C20H27N3O3/c24-18(22-10-12-26-13-11-22)14-21-23-17-9-5-4-8-16(17)19(20(23)25)15-6-2-1-3-7-15/h4-5,8-9,15,19,21H,1-3,6-7,10-14H2. The molecular formula is C20H27N3O3. The molecule has 6 heteroatoms. The summed E-state index contributed by atoms with van der Waals surface area (Å²) in [5, 5.41) is 1.62. The highest BCUT2D eigenvalue weighted by Crippen LogP contribution is 2.45. The molecule has 4 rings (SSSR count). The highest BCUT2D eigenvalue weighted by atomic mass is 16.5. The second-order valence-electron chi connectivity index (χ2n) is 7.44. The Kier molecular flexibility index (Phi) is 5.22. The predicted molar refractivity (Wildman–Crippen MR) is 98.6 cm³/mol. The monoisotopic (exact) mass is 357 g/mol. The molecule has 0 radical (unpaired) electrons. The lowest BCUT2D eigenvalue weighted by Gasteiger charge is -2.29. The van der Waals surface area contributed by atoms with Crippen molar-refractivity contribution in [2.45, 2.75) is 38.0 Å². The molecule has 2 fully saturated rings. The fourth-order valence-corrected chi connectivity index (χ4v) is 4.50. The molecule has 0 aromatic heterocycles. The lowest BCUT2D eigenvalue weighted by molar-refractivity contribution is -0.134. The molecule has 0 spiro atoms. The van der Waals surface area contributed by atoms with Gasteiger partial charge in [0.2, 0.25) is 11.8 Å². The van der Waals surface area contributed by atoms with E-state index in [1.54, 1.807) is 9.91 Å². The van der Waals surface area contributed by atoms with E-state index in [1.807, 2.05) is 18.2 Å². The van der Waals surface area contributed by atoms with Crippen molar-refractivity contribution in [2.75, 3.05) is 37.9 Å². The summed E-state index contributed by atoms with van der Waals surface area (Å²) in [4.78, 5) is 27.4. The normalized spacial score (nSPS) is 24.0. The van der Waals surface area contributed by atoms with Gasteiger partial charge in [-0.05, 0) is 30.4 Å². The first kappa shape index (κ1) is 17.5. The number of anilines is 1. The molecule has 2 amide bonds. The maximum absolute atomic E-state index is 13.2. The summed E-state index contributed by atoms with van der Waals surface area (Å²) in [5.74, 6) is 0.448. The Morgan fingerprint density at radius 3 is 2.62 bits per heavy atom. The Bertz CT molecular complexity index is 666. The van der Waals surface area contributed by atoms with Crippen LogP contribution in [0.2, 0.25) is 0 Å². The number of hydrogen-bond acceptors (Lipinski definition) is 4. The summed E-state index contributed by atoms with van der Waals surface area (Å²) in [5.41, 5.74) is 5.12. The molecule has 2 heterocycles. The largest absolute Gasteiger partial charge is 0.378 e. The second kappa shape index (κ2) is 7.76. The molecule has 1 aromatic carbocycles. The van der Waals surface area contributed by atoms with E-state index in [1.165, 1.54) is 19.3 Å². The molecular weight excluding hydrogens is 330 g/mol. The molecule has 3 aliphatic rings. The number of nitrogens with zero attached hydrogens (tertiary/aromatic N) is 2. The molecule has 6 nitrogen and oxygen atoms in total. The van der Waals surface area contributed by atoms with E-state index in [-0.39, 0.29) is 24.3 Å². The minimum Gasteiger partial charge on any atom is -0.378 e.